The van der Waals surface area contributed by atoms with Crippen LogP contribution in [-0.2, 0) is 9.53 Å². The molecule has 23 heavy (non-hydrogen) atoms. The molecule has 0 spiro atoms. The lowest BCUT2D eigenvalue weighted by Crippen LogP contribution is -2.05. The van der Waals surface area contributed by atoms with Crippen molar-refractivity contribution in [3.05, 3.63) is 71.2 Å². The van der Waals surface area contributed by atoms with Crippen LogP contribution in [0, 0.1) is 5.82 Å². The zero-order chi connectivity index (χ0) is 16.2. The van der Waals surface area contributed by atoms with Gasteiger partial charge in [-0.1, -0.05) is 18.2 Å². The third-order valence-electron chi connectivity index (χ3n) is 3.19. The summed E-state index contributed by atoms with van der Waals surface area (Å²) in [5.74, 6) is -0.109. The first-order valence-electron chi connectivity index (χ1n) is 7.17. The van der Waals surface area contributed by atoms with Gasteiger partial charge in [0.2, 0.25) is 5.90 Å². The van der Waals surface area contributed by atoms with Crippen molar-refractivity contribution < 1.29 is 18.7 Å². The molecule has 0 radical (unpaired) electrons. The van der Waals surface area contributed by atoms with Gasteiger partial charge in [0, 0.05) is 5.56 Å². The molecule has 0 unspecified atom stereocenters. The van der Waals surface area contributed by atoms with E-state index in [2.05, 4.69) is 4.99 Å². The fourth-order valence-corrected chi connectivity index (χ4v) is 2.14. The maximum atomic E-state index is 13.2. The van der Waals surface area contributed by atoms with E-state index in [4.69, 9.17) is 9.47 Å². The Kier molecular flexibility index (Phi) is 4.19. The first-order valence-corrected chi connectivity index (χ1v) is 7.17. The van der Waals surface area contributed by atoms with E-state index in [1.54, 1.807) is 12.1 Å². The largest absolute Gasteiger partial charge is 0.494 e. The highest BCUT2D eigenvalue weighted by molar-refractivity contribution is 6.12. The van der Waals surface area contributed by atoms with Crippen molar-refractivity contribution in [1.82, 2.24) is 0 Å². The number of aliphatic imine (C=N–C) groups is 1. The predicted octanol–water partition coefficient (Wildman–Crippen LogP) is 3.57. The molecule has 0 amide bonds. The quantitative estimate of drug-likeness (QED) is 0.640. The molecule has 2 aromatic carbocycles. The van der Waals surface area contributed by atoms with Gasteiger partial charge >= 0.3 is 5.97 Å². The van der Waals surface area contributed by atoms with Crippen molar-refractivity contribution in [3.63, 3.8) is 0 Å². The minimum Gasteiger partial charge on any atom is -0.494 e. The van der Waals surface area contributed by atoms with Gasteiger partial charge in [0.1, 0.15) is 11.6 Å². The number of esters is 1. The fourth-order valence-electron chi connectivity index (χ4n) is 2.14. The van der Waals surface area contributed by atoms with Crippen LogP contribution < -0.4 is 4.74 Å². The SMILES string of the molecule is CCOc1ccc(/C=C2\N=C(c3cccc(F)c3)OC2=O)cc1. The molecule has 0 atom stereocenters. The van der Waals surface area contributed by atoms with Crippen LogP contribution in [0.3, 0.4) is 0 Å². The Balaban J connectivity index is 1.85. The van der Waals surface area contributed by atoms with Crippen LogP contribution in [0.5, 0.6) is 5.75 Å². The Morgan fingerprint density at radius 2 is 2.00 bits per heavy atom. The number of halogens is 1. The van der Waals surface area contributed by atoms with E-state index in [0.717, 1.165) is 11.3 Å². The lowest BCUT2D eigenvalue weighted by molar-refractivity contribution is -0.129. The number of cyclic esters (lactones) is 1. The number of carbonyl (C=O) groups is 1. The summed E-state index contributed by atoms with van der Waals surface area (Å²) in [6, 6.07) is 13.0. The summed E-state index contributed by atoms with van der Waals surface area (Å²) >= 11 is 0. The van der Waals surface area contributed by atoms with Gasteiger partial charge in [0.15, 0.2) is 5.70 Å². The molecule has 4 nitrogen and oxygen atoms in total. The minimum absolute atomic E-state index is 0.103. The van der Waals surface area contributed by atoms with Gasteiger partial charge in [-0.2, -0.15) is 0 Å². The molecule has 116 valence electrons. The number of hydrogen-bond donors (Lipinski definition) is 0. The Labute approximate surface area is 132 Å². The molecule has 1 aliphatic heterocycles. The monoisotopic (exact) mass is 311 g/mol. The molecule has 0 N–H and O–H groups in total. The molecular formula is C18H14FNO3. The van der Waals surface area contributed by atoms with Crippen LogP contribution in [0.2, 0.25) is 0 Å². The van der Waals surface area contributed by atoms with Crippen LogP contribution >= 0.6 is 0 Å². The molecule has 0 bridgehead atoms. The molecule has 5 heteroatoms. The number of rotatable bonds is 4. The van der Waals surface area contributed by atoms with Crippen molar-refractivity contribution in [2.24, 2.45) is 4.99 Å². The predicted molar refractivity (Wildman–Crippen MR) is 84.6 cm³/mol. The third kappa shape index (κ3) is 3.45. The minimum atomic E-state index is -0.557. The third-order valence-corrected chi connectivity index (χ3v) is 3.19. The second-order valence-corrected chi connectivity index (χ2v) is 4.85. The number of carbonyl (C=O) groups excluding carboxylic acids is 1. The van der Waals surface area contributed by atoms with Crippen molar-refractivity contribution in [3.8, 4) is 5.75 Å². The Bertz CT molecular complexity index is 794. The highest BCUT2D eigenvalue weighted by atomic mass is 19.1. The lowest BCUT2D eigenvalue weighted by atomic mass is 10.2. The molecule has 2 aromatic rings. The van der Waals surface area contributed by atoms with E-state index in [0.29, 0.717) is 12.2 Å². The number of ether oxygens (including phenoxy) is 2. The van der Waals surface area contributed by atoms with Crippen molar-refractivity contribution >= 4 is 17.9 Å². The smallest absolute Gasteiger partial charge is 0.363 e. The normalized spacial score (nSPS) is 15.5. The summed E-state index contributed by atoms with van der Waals surface area (Å²) in [6.45, 7) is 2.50. The van der Waals surface area contributed by atoms with Crippen LogP contribution in [0.4, 0.5) is 4.39 Å². The van der Waals surface area contributed by atoms with E-state index < -0.39 is 11.8 Å². The van der Waals surface area contributed by atoms with Crippen molar-refractivity contribution in [2.75, 3.05) is 6.61 Å². The van der Waals surface area contributed by atoms with E-state index in [9.17, 15) is 9.18 Å². The van der Waals surface area contributed by atoms with Gasteiger partial charge in [-0.05, 0) is 48.9 Å². The number of benzene rings is 2. The van der Waals surface area contributed by atoms with E-state index >= 15 is 0 Å². The van der Waals surface area contributed by atoms with Crippen LogP contribution in [0.15, 0.2) is 59.2 Å². The summed E-state index contributed by atoms with van der Waals surface area (Å²) in [6.07, 6.45) is 1.62. The van der Waals surface area contributed by atoms with E-state index in [-0.39, 0.29) is 11.6 Å². The van der Waals surface area contributed by atoms with E-state index in [1.165, 1.54) is 18.2 Å². The maximum absolute atomic E-state index is 13.2. The van der Waals surface area contributed by atoms with Crippen LogP contribution in [0.25, 0.3) is 6.08 Å². The number of hydrogen-bond acceptors (Lipinski definition) is 4. The molecule has 0 fully saturated rings. The van der Waals surface area contributed by atoms with Crippen LogP contribution in [-0.4, -0.2) is 18.5 Å². The lowest BCUT2D eigenvalue weighted by Gasteiger charge is -2.02. The van der Waals surface area contributed by atoms with E-state index in [1.807, 2.05) is 31.2 Å². The summed E-state index contributed by atoms with van der Waals surface area (Å²) in [5.41, 5.74) is 1.39. The Morgan fingerprint density at radius 3 is 2.70 bits per heavy atom. The average Bonchev–Trinajstić information content (AvgIpc) is 2.91. The second-order valence-electron chi connectivity index (χ2n) is 4.85. The van der Waals surface area contributed by atoms with Gasteiger partial charge in [0.25, 0.3) is 0 Å². The molecule has 0 saturated carbocycles. The zero-order valence-corrected chi connectivity index (χ0v) is 12.5. The number of nitrogens with zero attached hydrogens (tertiary/aromatic N) is 1. The summed E-state index contributed by atoms with van der Waals surface area (Å²) in [5, 5.41) is 0. The average molecular weight is 311 g/mol. The highest BCUT2D eigenvalue weighted by Gasteiger charge is 2.24. The van der Waals surface area contributed by atoms with Gasteiger partial charge in [-0.15, -0.1) is 0 Å². The maximum Gasteiger partial charge on any atom is 0.363 e. The summed E-state index contributed by atoms with van der Waals surface area (Å²) in [4.78, 5) is 16.0. The Morgan fingerprint density at radius 1 is 1.22 bits per heavy atom. The van der Waals surface area contributed by atoms with Gasteiger partial charge in [0.05, 0.1) is 6.61 Å². The Hall–Kier alpha value is -2.95. The van der Waals surface area contributed by atoms with Gasteiger partial charge < -0.3 is 9.47 Å². The summed E-state index contributed by atoms with van der Waals surface area (Å²) in [7, 11) is 0. The fraction of sp³-hybridized carbons (Fsp3) is 0.111. The highest BCUT2D eigenvalue weighted by Crippen LogP contribution is 2.21. The zero-order valence-electron chi connectivity index (χ0n) is 12.5. The molecule has 0 aromatic heterocycles. The molecule has 1 heterocycles. The molecule has 0 saturated heterocycles. The topological polar surface area (TPSA) is 47.9 Å². The van der Waals surface area contributed by atoms with Crippen molar-refractivity contribution in [1.29, 1.82) is 0 Å². The molecule has 0 aliphatic carbocycles. The first kappa shape index (κ1) is 15.0. The van der Waals surface area contributed by atoms with Gasteiger partial charge in [-0.25, -0.2) is 14.2 Å². The standard InChI is InChI=1S/C18H14FNO3/c1-2-22-15-8-6-12(7-9-15)10-16-18(21)23-17(20-16)13-4-3-5-14(19)11-13/h3-11H,2H2,1H3/b16-10-. The molecule has 1 aliphatic rings. The van der Waals surface area contributed by atoms with Crippen LogP contribution in [0.1, 0.15) is 18.1 Å². The summed E-state index contributed by atoms with van der Waals surface area (Å²) < 4.78 is 23.7. The molecule has 3 rings (SSSR count). The second kappa shape index (κ2) is 6.44. The molecular weight excluding hydrogens is 297 g/mol. The first-order chi connectivity index (χ1) is 11.2. The van der Waals surface area contributed by atoms with Crippen molar-refractivity contribution in [2.45, 2.75) is 6.92 Å². The van der Waals surface area contributed by atoms with Gasteiger partial charge in [-0.3, -0.25) is 0 Å².